The first kappa shape index (κ1) is 16.3. The maximum atomic E-state index is 3.54. The molecule has 2 rings (SSSR count). The SMILES string of the molecule is CNC1CC2CCCC(C1)N2C(CC(C)C)CN(C)C. The van der Waals surface area contributed by atoms with Gasteiger partial charge in [-0.25, -0.2) is 0 Å². The molecule has 2 saturated heterocycles. The number of nitrogens with one attached hydrogen (secondary N) is 1. The molecule has 2 bridgehead atoms. The van der Waals surface area contributed by atoms with Crippen molar-refractivity contribution >= 4 is 0 Å². The van der Waals surface area contributed by atoms with Crippen LogP contribution in [0.5, 0.6) is 0 Å². The normalized spacial score (nSPS) is 32.9. The van der Waals surface area contributed by atoms with Gasteiger partial charge in [-0.15, -0.1) is 0 Å². The molecule has 1 N–H and O–H groups in total. The summed E-state index contributed by atoms with van der Waals surface area (Å²) in [6.45, 7) is 5.97. The molecule has 0 amide bonds. The minimum Gasteiger partial charge on any atom is -0.317 e. The predicted molar refractivity (Wildman–Crippen MR) is 87.1 cm³/mol. The van der Waals surface area contributed by atoms with Gasteiger partial charge in [0.05, 0.1) is 0 Å². The largest absolute Gasteiger partial charge is 0.317 e. The Kier molecular flexibility index (Phi) is 5.88. The van der Waals surface area contributed by atoms with E-state index in [2.05, 4.69) is 50.1 Å². The first-order valence-corrected chi connectivity index (χ1v) is 8.60. The van der Waals surface area contributed by atoms with Crippen LogP contribution < -0.4 is 5.32 Å². The molecule has 0 radical (unpaired) electrons. The maximum Gasteiger partial charge on any atom is 0.0231 e. The number of hydrogen-bond acceptors (Lipinski definition) is 3. The van der Waals surface area contributed by atoms with Gasteiger partial charge in [-0.2, -0.15) is 0 Å². The van der Waals surface area contributed by atoms with Crippen molar-refractivity contribution < 1.29 is 0 Å². The number of rotatable bonds is 6. The van der Waals surface area contributed by atoms with Crippen LogP contribution in [0.25, 0.3) is 0 Å². The van der Waals surface area contributed by atoms with E-state index >= 15 is 0 Å². The number of hydrogen-bond donors (Lipinski definition) is 1. The fraction of sp³-hybridized carbons (Fsp3) is 1.00. The van der Waals surface area contributed by atoms with Crippen molar-refractivity contribution in [1.29, 1.82) is 0 Å². The number of nitrogens with zero attached hydrogens (tertiary/aromatic N) is 2. The van der Waals surface area contributed by atoms with E-state index in [1.54, 1.807) is 0 Å². The Bertz CT molecular complexity index is 266. The van der Waals surface area contributed by atoms with E-state index in [1.807, 2.05) is 0 Å². The zero-order chi connectivity index (χ0) is 14.7. The lowest BCUT2D eigenvalue weighted by molar-refractivity contribution is -0.0230. The summed E-state index contributed by atoms with van der Waals surface area (Å²) in [4.78, 5) is 5.31. The standard InChI is InChI=1S/C17H35N3/c1-13(2)9-17(12-19(4)5)20-15-7-6-8-16(20)11-14(10-15)18-3/h13-18H,6-12H2,1-5H3. The molecule has 0 aromatic carbocycles. The highest BCUT2D eigenvalue weighted by Gasteiger charge is 2.41. The summed E-state index contributed by atoms with van der Waals surface area (Å²) >= 11 is 0. The van der Waals surface area contributed by atoms with Crippen molar-refractivity contribution in [3.63, 3.8) is 0 Å². The van der Waals surface area contributed by atoms with Crippen LogP contribution in [0.2, 0.25) is 0 Å². The van der Waals surface area contributed by atoms with E-state index in [-0.39, 0.29) is 0 Å². The number of fused-ring (bicyclic) bond motifs is 2. The smallest absolute Gasteiger partial charge is 0.0231 e. The molecular weight excluding hydrogens is 246 g/mol. The average Bonchev–Trinajstić information content (AvgIpc) is 2.35. The van der Waals surface area contributed by atoms with Crippen molar-refractivity contribution in [2.24, 2.45) is 5.92 Å². The van der Waals surface area contributed by atoms with Gasteiger partial charge in [0.2, 0.25) is 0 Å². The Morgan fingerprint density at radius 3 is 2.20 bits per heavy atom. The third-order valence-corrected chi connectivity index (χ3v) is 5.18. The molecule has 2 aliphatic heterocycles. The van der Waals surface area contributed by atoms with E-state index in [0.29, 0.717) is 0 Å². The summed E-state index contributed by atoms with van der Waals surface area (Å²) in [5.41, 5.74) is 0. The van der Waals surface area contributed by atoms with Crippen molar-refractivity contribution in [3.05, 3.63) is 0 Å². The molecule has 2 heterocycles. The zero-order valence-electron chi connectivity index (χ0n) is 14.2. The Hall–Kier alpha value is -0.120. The van der Waals surface area contributed by atoms with E-state index in [9.17, 15) is 0 Å². The molecule has 0 spiro atoms. The molecule has 0 saturated carbocycles. The average molecular weight is 281 g/mol. The van der Waals surface area contributed by atoms with Crippen molar-refractivity contribution in [2.75, 3.05) is 27.7 Å². The Balaban J connectivity index is 2.10. The van der Waals surface area contributed by atoms with Crippen LogP contribution in [0.1, 0.15) is 52.4 Å². The molecule has 0 aromatic rings. The van der Waals surface area contributed by atoms with Gasteiger partial charge in [0, 0.05) is 30.7 Å². The topological polar surface area (TPSA) is 18.5 Å². The quantitative estimate of drug-likeness (QED) is 0.807. The van der Waals surface area contributed by atoms with Crippen LogP contribution >= 0.6 is 0 Å². The summed E-state index contributed by atoms with van der Waals surface area (Å²) in [7, 11) is 6.59. The Morgan fingerprint density at radius 2 is 1.75 bits per heavy atom. The van der Waals surface area contributed by atoms with Gasteiger partial charge in [0.25, 0.3) is 0 Å². The van der Waals surface area contributed by atoms with E-state index in [1.165, 1.54) is 45.1 Å². The van der Waals surface area contributed by atoms with Gasteiger partial charge in [-0.1, -0.05) is 20.3 Å². The molecule has 3 unspecified atom stereocenters. The molecule has 0 aromatic heterocycles. The maximum absolute atomic E-state index is 3.54. The summed E-state index contributed by atoms with van der Waals surface area (Å²) in [5.74, 6) is 0.794. The highest BCUT2D eigenvalue weighted by Crippen LogP contribution is 2.36. The first-order valence-electron chi connectivity index (χ1n) is 8.60. The monoisotopic (exact) mass is 281 g/mol. The Labute approximate surface area is 126 Å². The molecule has 2 fully saturated rings. The van der Waals surface area contributed by atoms with Gasteiger partial charge in [0.15, 0.2) is 0 Å². The molecule has 3 atom stereocenters. The third kappa shape index (κ3) is 3.96. The van der Waals surface area contributed by atoms with E-state index in [4.69, 9.17) is 0 Å². The molecule has 2 aliphatic rings. The summed E-state index contributed by atoms with van der Waals surface area (Å²) in [6.07, 6.45) is 8.32. The lowest BCUT2D eigenvalue weighted by Crippen LogP contribution is -2.61. The van der Waals surface area contributed by atoms with Crippen LogP contribution in [0, 0.1) is 5.92 Å². The van der Waals surface area contributed by atoms with Crippen molar-refractivity contribution in [3.8, 4) is 0 Å². The second kappa shape index (κ2) is 7.24. The van der Waals surface area contributed by atoms with Gasteiger partial charge in [0.1, 0.15) is 0 Å². The fourth-order valence-corrected chi connectivity index (χ4v) is 4.51. The minimum absolute atomic E-state index is 0.748. The van der Waals surface area contributed by atoms with Crippen LogP contribution in [0.3, 0.4) is 0 Å². The number of likely N-dealkylation sites (N-methyl/N-ethyl adjacent to an activating group) is 1. The van der Waals surface area contributed by atoms with Crippen LogP contribution in [-0.2, 0) is 0 Å². The molecule has 118 valence electrons. The highest BCUT2D eigenvalue weighted by atomic mass is 15.3. The third-order valence-electron chi connectivity index (χ3n) is 5.18. The lowest BCUT2D eigenvalue weighted by Gasteiger charge is -2.53. The lowest BCUT2D eigenvalue weighted by atomic mass is 9.79. The fourth-order valence-electron chi connectivity index (χ4n) is 4.51. The van der Waals surface area contributed by atoms with E-state index in [0.717, 1.165) is 30.1 Å². The predicted octanol–water partition coefficient (Wildman–Crippen LogP) is 2.57. The van der Waals surface area contributed by atoms with E-state index < -0.39 is 0 Å². The first-order chi connectivity index (χ1) is 9.51. The van der Waals surface area contributed by atoms with Crippen LogP contribution in [0.4, 0.5) is 0 Å². The molecule has 20 heavy (non-hydrogen) atoms. The highest BCUT2D eigenvalue weighted by molar-refractivity contribution is 4.98. The summed E-state index contributed by atoms with van der Waals surface area (Å²) in [6, 6.07) is 3.14. The van der Waals surface area contributed by atoms with Gasteiger partial charge >= 0.3 is 0 Å². The second-order valence-corrected chi connectivity index (χ2v) is 7.69. The summed E-state index contributed by atoms with van der Waals surface area (Å²) < 4.78 is 0. The van der Waals surface area contributed by atoms with Gasteiger partial charge in [-0.3, -0.25) is 4.90 Å². The number of piperidine rings is 2. The molecular formula is C17H35N3. The summed E-state index contributed by atoms with van der Waals surface area (Å²) in [5, 5.41) is 3.54. The zero-order valence-corrected chi connectivity index (χ0v) is 14.2. The van der Waals surface area contributed by atoms with Gasteiger partial charge in [-0.05, 0) is 59.2 Å². The van der Waals surface area contributed by atoms with Crippen LogP contribution in [-0.4, -0.2) is 61.7 Å². The van der Waals surface area contributed by atoms with Crippen LogP contribution in [0.15, 0.2) is 0 Å². The van der Waals surface area contributed by atoms with Gasteiger partial charge < -0.3 is 10.2 Å². The molecule has 0 aliphatic carbocycles. The molecule has 3 heteroatoms. The van der Waals surface area contributed by atoms with Crippen molar-refractivity contribution in [1.82, 2.24) is 15.1 Å². The second-order valence-electron chi connectivity index (χ2n) is 7.69. The minimum atomic E-state index is 0.748. The Morgan fingerprint density at radius 1 is 1.15 bits per heavy atom. The van der Waals surface area contributed by atoms with Crippen molar-refractivity contribution in [2.45, 2.75) is 76.5 Å². The molecule has 3 nitrogen and oxygen atoms in total.